The summed E-state index contributed by atoms with van der Waals surface area (Å²) < 4.78 is 14.0. The van der Waals surface area contributed by atoms with Crippen molar-refractivity contribution in [2.45, 2.75) is 131 Å². The summed E-state index contributed by atoms with van der Waals surface area (Å²) in [6, 6.07) is 79.6. The van der Waals surface area contributed by atoms with Gasteiger partial charge in [-0.3, -0.25) is 0 Å². The van der Waals surface area contributed by atoms with E-state index in [-0.39, 0.29) is 33.9 Å². The second kappa shape index (κ2) is 20.5. The van der Waals surface area contributed by atoms with E-state index in [0.717, 1.165) is 73.2 Å². The highest BCUT2D eigenvalue weighted by Crippen LogP contribution is 2.55. The Labute approximate surface area is 512 Å². The lowest BCUT2D eigenvalue weighted by atomic mass is 9.43. The summed E-state index contributed by atoms with van der Waals surface area (Å²) in [6.45, 7) is 34.3. The molecule has 0 bridgehead atoms. The Bertz CT molecular complexity index is 4190. The number of hydrogen-bond acceptors (Lipinski definition) is 5. The highest BCUT2D eigenvalue weighted by atomic mass is 16.6. The zero-order chi connectivity index (χ0) is 60.4. The molecule has 0 aromatic heterocycles. The maximum atomic E-state index is 7.02. The predicted octanol–water partition coefficient (Wildman–Crippen LogP) is 21.6. The number of rotatable bonds is 7. The van der Waals surface area contributed by atoms with Crippen molar-refractivity contribution in [3.63, 3.8) is 0 Å². The van der Waals surface area contributed by atoms with Gasteiger partial charge in [0, 0.05) is 62.6 Å². The zero-order valence-corrected chi connectivity index (χ0v) is 52.9. The van der Waals surface area contributed by atoms with Gasteiger partial charge < -0.3 is 24.1 Å². The van der Waals surface area contributed by atoms with Crippen LogP contribution in [0.15, 0.2) is 212 Å². The van der Waals surface area contributed by atoms with E-state index in [2.05, 4.69) is 307 Å². The molecule has 0 aliphatic carbocycles. The molecule has 3 aliphatic heterocycles. The first-order valence-corrected chi connectivity index (χ1v) is 30.8. The average molecular weight is 1130 g/mol. The minimum atomic E-state index is -0.364. The number of hydrogen-bond donors (Lipinski definition) is 0. The fourth-order valence-electron chi connectivity index (χ4n) is 12.8. The molecule has 10 aromatic rings. The van der Waals surface area contributed by atoms with E-state index in [1.807, 2.05) is 24.3 Å². The van der Waals surface area contributed by atoms with Gasteiger partial charge in [-0.15, -0.1) is 0 Å². The quantitative estimate of drug-likeness (QED) is 0.148. The maximum Gasteiger partial charge on any atom is 0.333 e. The topological polar surface area (TPSA) is 28.2 Å². The van der Waals surface area contributed by atoms with Crippen molar-refractivity contribution >= 4 is 63.3 Å². The van der Waals surface area contributed by atoms with Crippen LogP contribution in [0.3, 0.4) is 0 Å². The van der Waals surface area contributed by atoms with E-state index in [1.54, 1.807) is 0 Å². The molecule has 0 atom stereocenters. The van der Waals surface area contributed by atoms with Crippen LogP contribution in [0.1, 0.15) is 132 Å². The van der Waals surface area contributed by atoms with Gasteiger partial charge >= 0.3 is 6.85 Å². The van der Waals surface area contributed by atoms with Gasteiger partial charge in [0.05, 0.1) is 5.69 Å². The molecule has 5 nitrogen and oxygen atoms in total. The van der Waals surface area contributed by atoms with Crippen LogP contribution < -0.4 is 35.0 Å². The van der Waals surface area contributed by atoms with Crippen LogP contribution in [-0.4, -0.2) is 6.85 Å². The number of benzene rings is 10. The lowest BCUT2D eigenvalue weighted by Gasteiger charge is -2.47. The van der Waals surface area contributed by atoms with E-state index in [1.165, 1.54) is 44.4 Å². The molecule has 3 heterocycles. The van der Waals surface area contributed by atoms with Gasteiger partial charge in [0.2, 0.25) is 0 Å². The van der Waals surface area contributed by atoms with Gasteiger partial charge in [-0.1, -0.05) is 225 Å². The smallest absolute Gasteiger partial charge is 0.333 e. The standard InChI is InChI=1S/C80H80BN3O2/c1-76(2,3)53-30-36-58(37-31-53)82(59-38-32-54(33-39-59)77(4,5)6)60-40-41-61-64-46-57(80(13,14)15)47-70-75(64)81(84(68(61)48-60)67-43-35-56(79(10,11)12)45-63(67)52-26-20-17-21-27-52)65-49-73-74(86-72-29-23-22-28-71(72)85-73)50-69(65)83(70)66-42-34-55(78(7,8)9)44-62(66)51-24-18-16-19-25-51/h16-50H,1-15H3. The molecule has 0 fully saturated rings. The lowest BCUT2D eigenvalue weighted by molar-refractivity contribution is 0.360. The van der Waals surface area contributed by atoms with Crippen molar-refractivity contribution in [1.29, 1.82) is 0 Å². The Kier molecular flexibility index (Phi) is 13.4. The summed E-state index contributed by atoms with van der Waals surface area (Å²) >= 11 is 0. The zero-order valence-electron chi connectivity index (χ0n) is 52.9. The second-order valence-electron chi connectivity index (χ2n) is 29.1. The molecule has 0 N–H and O–H groups in total. The van der Waals surface area contributed by atoms with E-state index < -0.39 is 0 Å². The van der Waals surface area contributed by atoms with Gasteiger partial charge in [-0.25, -0.2) is 0 Å². The van der Waals surface area contributed by atoms with Crippen LogP contribution >= 0.6 is 0 Å². The van der Waals surface area contributed by atoms with E-state index in [9.17, 15) is 0 Å². The molecule has 0 saturated heterocycles. The second-order valence-corrected chi connectivity index (χ2v) is 29.1. The van der Waals surface area contributed by atoms with Gasteiger partial charge in [0.25, 0.3) is 0 Å². The Morgan fingerprint density at radius 2 is 0.733 bits per heavy atom. The number of nitrogens with zero attached hydrogens (tertiary/aromatic N) is 3. The fourth-order valence-corrected chi connectivity index (χ4v) is 12.8. The number of anilines is 8. The van der Waals surface area contributed by atoms with Crippen molar-refractivity contribution in [2.75, 3.05) is 14.6 Å². The molecule has 0 saturated carbocycles. The third-order valence-corrected chi connectivity index (χ3v) is 17.9. The van der Waals surface area contributed by atoms with Crippen molar-refractivity contribution in [3.8, 4) is 56.4 Å². The van der Waals surface area contributed by atoms with Crippen molar-refractivity contribution in [1.82, 2.24) is 0 Å². The van der Waals surface area contributed by atoms with Crippen molar-refractivity contribution in [3.05, 3.63) is 240 Å². The van der Waals surface area contributed by atoms with E-state index >= 15 is 0 Å². The van der Waals surface area contributed by atoms with Crippen LogP contribution in [-0.2, 0) is 27.1 Å². The summed E-state index contributed by atoms with van der Waals surface area (Å²) in [5.74, 6) is 2.74. The highest BCUT2D eigenvalue weighted by molar-refractivity contribution is 6.93. The predicted molar refractivity (Wildman–Crippen MR) is 366 cm³/mol. The number of para-hydroxylation sites is 2. The Morgan fingerprint density at radius 3 is 1.23 bits per heavy atom. The van der Waals surface area contributed by atoms with Crippen LogP contribution in [0.5, 0.6) is 23.0 Å². The van der Waals surface area contributed by atoms with Crippen LogP contribution in [0, 0.1) is 0 Å². The van der Waals surface area contributed by atoms with Crippen molar-refractivity contribution in [2.24, 2.45) is 0 Å². The Hall–Kier alpha value is -8.74. The number of fused-ring (bicyclic) bond motifs is 6. The first-order chi connectivity index (χ1) is 40.8. The molecule has 10 aromatic carbocycles. The Morgan fingerprint density at radius 1 is 0.302 bits per heavy atom. The van der Waals surface area contributed by atoms with Crippen molar-refractivity contribution < 1.29 is 9.47 Å². The summed E-state index contributed by atoms with van der Waals surface area (Å²) in [7, 11) is 0. The summed E-state index contributed by atoms with van der Waals surface area (Å²) in [6.07, 6.45) is 0. The molecule has 86 heavy (non-hydrogen) atoms. The normalized spacial score (nSPS) is 13.6. The molecule has 0 spiro atoms. The molecule has 6 heteroatoms. The molecule has 13 rings (SSSR count). The maximum absolute atomic E-state index is 7.02. The van der Waals surface area contributed by atoms with Crippen LogP contribution in [0.2, 0.25) is 0 Å². The molecule has 430 valence electrons. The average Bonchev–Trinajstić information content (AvgIpc) is 0.721. The number of ether oxygens (including phenoxy) is 2. The summed E-state index contributed by atoms with van der Waals surface area (Å²) in [5, 5.41) is 0. The van der Waals surface area contributed by atoms with Crippen LogP contribution in [0.25, 0.3) is 33.4 Å². The first-order valence-electron chi connectivity index (χ1n) is 30.8. The van der Waals surface area contributed by atoms with Gasteiger partial charge in [-0.05, 0) is 167 Å². The minimum Gasteiger partial charge on any atom is -0.450 e. The molecule has 0 amide bonds. The molecular formula is C80H80BN3O2. The molecule has 0 radical (unpaired) electrons. The molecule has 0 unspecified atom stereocenters. The lowest BCUT2D eigenvalue weighted by Crippen LogP contribution is -2.61. The third kappa shape index (κ3) is 10.0. The Balaban J connectivity index is 1.17. The van der Waals surface area contributed by atoms with Crippen LogP contribution in [0.4, 0.5) is 45.5 Å². The third-order valence-electron chi connectivity index (χ3n) is 17.9. The highest BCUT2D eigenvalue weighted by Gasteiger charge is 2.48. The van der Waals surface area contributed by atoms with Gasteiger partial charge in [0.15, 0.2) is 23.0 Å². The minimum absolute atomic E-state index is 0.00809. The largest absolute Gasteiger partial charge is 0.450 e. The van der Waals surface area contributed by atoms with E-state index in [0.29, 0.717) is 23.0 Å². The molecular weight excluding hydrogens is 1050 g/mol. The summed E-state index contributed by atoms with van der Waals surface area (Å²) in [4.78, 5) is 7.69. The molecule has 3 aliphatic rings. The SMILES string of the molecule is CC(C)(C)c1ccc(N(c2ccc(C(C)(C)C)cc2)c2ccc3c(c2)N(c2ccc(C(C)(C)C)cc2-c2ccccc2)B2c4cc5c(cc4N(c4ccc(C(C)(C)C)cc4-c4ccccc4)c4cc(C(C)(C)C)cc-3c42)Oc2ccccc2O5)cc1. The van der Waals surface area contributed by atoms with Gasteiger partial charge in [0.1, 0.15) is 0 Å². The first kappa shape index (κ1) is 56.4. The fraction of sp³-hybridized carbons (Fsp3) is 0.250. The van der Waals surface area contributed by atoms with E-state index in [4.69, 9.17) is 9.47 Å². The monoisotopic (exact) mass is 1130 g/mol. The van der Waals surface area contributed by atoms with Gasteiger partial charge in [-0.2, -0.15) is 0 Å². The summed E-state index contributed by atoms with van der Waals surface area (Å²) in [5.41, 5.74) is 24.0.